The molecule has 4 nitrogen and oxygen atoms in total. The van der Waals surface area contributed by atoms with Gasteiger partial charge in [-0.1, -0.05) is 27.7 Å². The molecule has 0 saturated carbocycles. The molecule has 17 heavy (non-hydrogen) atoms. The van der Waals surface area contributed by atoms with Crippen LogP contribution in [0.4, 0.5) is 4.79 Å². The zero-order valence-electron chi connectivity index (χ0n) is 12.4. The van der Waals surface area contributed by atoms with E-state index in [0.717, 1.165) is 5.56 Å². The lowest BCUT2D eigenvalue weighted by molar-refractivity contribution is 0.0514. The molecular weight excluding hydrogens is 216 g/mol. The van der Waals surface area contributed by atoms with Crippen LogP contribution in [0, 0.1) is 6.92 Å². The predicted octanol–water partition coefficient (Wildman–Crippen LogP) is 4.03. The van der Waals surface area contributed by atoms with Crippen LogP contribution in [-0.2, 0) is 4.74 Å². The molecule has 0 saturated heterocycles. The van der Waals surface area contributed by atoms with Crippen molar-refractivity contribution in [3.05, 3.63) is 18.0 Å². The van der Waals surface area contributed by atoms with Crippen molar-refractivity contribution in [2.45, 2.75) is 61.0 Å². The van der Waals surface area contributed by atoms with Gasteiger partial charge in [0.2, 0.25) is 0 Å². The predicted molar refractivity (Wildman–Crippen MR) is 71.3 cm³/mol. The lowest BCUT2D eigenvalue weighted by Crippen LogP contribution is -2.27. The average Bonchev–Trinajstić information content (AvgIpc) is 2.69. The summed E-state index contributed by atoms with van der Waals surface area (Å²) in [5.41, 5.74) is 0.461. The third-order valence-corrected chi connectivity index (χ3v) is 1.29. The van der Waals surface area contributed by atoms with Gasteiger partial charge in [-0.05, 0) is 33.3 Å². The Labute approximate surface area is 105 Å². The maximum atomic E-state index is 11.4. The Morgan fingerprint density at radius 1 is 1.24 bits per heavy atom. The molecule has 0 fully saturated rings. The highest BCUT2D eigenvalue weighted by molar-refractivity contribution is 5.69. The van der Waals surface area contributed by atoms with Crippen molar-refractivity contribution < 1.29 is 9.53 Å². The largest absolute Gasteiger partial charge is 0.442 e. The normalized spacial score (nSPS) is 9.41. The fourth-order valence-electron chi connectivity index (χ4n) is 0.821. The van der Waals surface area contributed by atoms with Crippen molar-refractivity contribution in [2.24, 2.45) is 0 Å². The van der Waals surface area contributed by atoms with Gasteiger partial charge in [-0.2, -0.15) is 9.78 Å². The quantitative estimate of drug-likeness (QED) is 0.690. The van der Waals surface area contributed by atoms with Crippen molar-refractivity contribution in [1.29, 1.82) is 0 Å². The van der Waals surface area contributed by atoms with Gasteiger partial charge in [-0.3, -0.25) is 0 Å². The molecule has 1 heterocycles. The smallest absolute Gasteiger partial charge is 0.435 e. The number of hydrogen-bond donors (Lipinski definition) is 0. The van der Waals surface area contributed by atoms with E-state index in [1.54, 1.807) is 12.4 Å². The number of nitrogens with zero attached hydrogens (tertiary/aromatic N) is 2. The second kappa shape index (κ2) is 8.79. The molecule has 100 valence electrons. The molecule has 0 aliphatic heterocycles. The van der Waals surface area contributed by atoms with Gasteiger partial charge >= 0.3 is 6.09 Å². The van der Waals surface area contributed by atoms with Gasteiger partial charge in [0.05, 0.1) is 6.20 Å². The van der Waals surface area contributed by atoms with Crippen molar-refractivity contribution in [2.75, 3.05) is 0 Å². The Kier molecular flexibility index (Phi) is 9.33. The summed E-state index contributed by atoms with van der Waals surface area (Å²) in [4.78, 5) is 11.4. The van der Waals surface area contributed by atoms with E-state index in [1.165, 1.54) is 4.68 Å². The third-order valence-electron chi connectivity index (χ3n) is 1.29. The van der Waals surface area contributed by atoms with Gasteiger partial charge in [-0.25, -0.2) is 4.79 Å². The Bertz CT molecular complexity index is 311. The molecule has 4 heteroatoms. The molecule has 0 aliphatic rings. The summed E-state index contributed by atoms with van der Waals surface area (Å²) in [7, 11) is 0. The first-order valence-corrected chi connectivity index (χ1v) is 6.13. The van der Waals surface area contributed by atoms with Gasteiger partial charge in [0.1, 0.15) is 5.60 Å². The number of rotatable bonds is 0. The van der Waals surface area contributed by atoms with Crippen LogP contribution in [0.1, 0.15) is 54.0 Å². The highest BCUT2D eigenvalue weighted by Crippen LogP contribution is 2.08. The maximum Gasteiger partial charge on any atom is 0.435 e. The van der Waals surface area contributed by atoms with E-state index in [-0.39, 0.29) is 0 Å². The monoisotopic (exact) mass is 242 g/mol. The van der Waals surface area contributed by atoms with Crippen molar-refractivity contribution in [1.82, 2.24) is 9.78 Å². The van der Waals surface area contributed by atoms with E-state index in [1.807, 2.05) is 55.4 Å². The van der Waals surface area contributed by atoms with Crippen LogP contribution in [0.15, 0.2) is 12.4 Å². The minimum absolute atomic E-state index is 0.444. The Hall–Kier alpha value is -1.32. The van der Waals surface area contributed by atoms with E-state index in [2.05, 4.69) is 5.10 Å². The van der Waals surface area contributed by atoms with Gasteiger partial charge in [0.25, 0.3) is 0 Å². The summed E-state index contributed by atoms with van der Waals surface area (Å²) in [6.07, 6.45) is 2.80. The molecule has 1 aromatic rings. The number of carbonyl (C=O) groups is 1. The molecule has 0 aromatic carbocycles. The molecule has 0 bridgehead atoms. The minimum Gasteiger partial charge on any atom is -0.442 e. The zero-order chi connectivity index (χ0) is 14.1. The second-order valence-electron chi connectivity index (χ2n) is 3.94. The van der Waals surface area contributed by atoms with Crippen molar-refractivity contribution in [3.8, 4) is 0 Å². The standard InChI is InChI=1S/C9H14N2O2.2C2H6/c1-7-5-10-11(6-7)8(12)13-9(2,3)4;2*1-2/h5-6H,1-4H3;2*1-2H3. The van der Waals surface area contributed by atoms with Gasteiger partial charge < -0.3 is 4.74 Å². The van der Waals surface area contributed by atoms with E-state index < -0.39 is 11.7 Å². The summed E-state index contributed by atoms with van der Waals surface area (Å²) >= 11 is 0. The summed E-state index contributed by atoms with van der Waals surface area (Å²) in [5.74, 6) is 0. The van der Waals surface area contributed by atoms with Crippen molar-refractivity contribution >= 4 is 6.09 Å². The summed E-state index contributed by atoms with van der Waals surface area (Å²) < 4.78 is 6.29. The fourth-order valence-corrected chi connectivity index (χ4v) is 0.821. The number of ether oxygens (including phenoxy) is 1. The van der Waals surface area contributed by atoms with Gasteiger partial charge in [0.15, 0.2) is 0 Å². The third kappa shape index (κ3) is 8.48. The number of hydrogen-bond acceptors (Lipinski definition) is 3. The van der Waals surface area contributed by atoms with Crippen LogP contribution in [0.5, 0.6) is 0 Å². The second-order valence-corrected chi connectivity index (χ2v) is 3.94. The zero-order valence-corrected chi connectivity index (χ0v) is 12.4. The molecule has 0 radical (unpaired) electrons. The molecule has 0 aliphatic carbocycles. The van der Waals surface area contributed by atoms with Crippen LogP contribution in [-0.4, -0.2) is 21.5 Å². The lowest BCUT2D eigenvalue weighted by Gasteiger charge is -2.18. The van der Waals surface area contributed by atoms with Crippen LogP contribution >= 0.6 is 0 Å². The topological polar surface area (TPSA) is 44.1 Å². The summed E-state index contributed by atoms with van der Waals surface area (Å²) in [6, 6.07) is 0. The van der Waals surface area contributed by atoms with E-state index in [0.29, 0.717) is 0 Å². The lowest BCUT2D eigenvalue weighted by atomic mass is 10.2. The van der Waals surface area contributed by atoms with Crippen LogP contribution in [0.3, 0.4) is 0 Å². The highest BCUT2D eigenvalue weighted by Gasteiger charge is 2.17. The highest BCUT2D eigenvalue weighted by atomic mass is 16.6. The molecule has 0 atom stereocenters. The minimum atomic E-state index is -0.475. The molecule has 0 spiro atoms. The van der Waals surface area contributed by atoms with Crippen LogP contribution in [0.2, 0.25) is 0 Å². The van der Waals surface area contributed by atoms with Gasteiger partial charge in [-0.15, -0.1) is 0 Å². The SMILES string of the molecule is CC.CC.Cc1cnn(C(=O)OC(C)(C)C)c1. The number of carbonyl (C=O) groups excluding carboxylic acids is 1. The molecule has 0 N–H and O–H groups in total. The Morgan fingerprint density at radius 3 is 2.00 bits per heavy atom. The number of aromatic nitrogens is 2. The van der Waals surface area contributed by atoms with Crippen LogP contribution < -0.4 is 0 Å². The summed E-state index contributed by atoms with van der Waals surface area (Å²) in [6.45, 7) is 15.3. The molecule has 0 amide bonds. The average molecular weight is 242 g/mol. The Balaban J connectivity index is 0. The summed E-state index contributed by atoms with van der Waals surface area (Å²) in [5, 5.41) is 3.84. The Morgan fingerprint density at radius 2 is 1.71 bits per heavy atom. The maximum absolute atomic E-state index is 11.4. The first kappa shape index (κ1) is 18.1. The van der Waals surface area contributed by atoms with E-state index in [4.69, 9.17) is 4.74 Å². The fraction of sp³-hybridized carbons (Fsp3) is 0.692. The van der Waals surface area contributed by atoms with E-state index >= 15 is 0 Å². The number of aryl methyl sites for hydroxylation is 1. The molecule has 1 rings (SSSR count). The molecular formula is C13H26N2O2. The molecule has 0 unspecified atom stereocenters. The van der Waals surface area contributed by atoms with Crippen molar-refractivity contribution in [3.63, 3.8) is 0 Å². The van der Waals surface area contributed by atoms with Crippen LogP contribution in [0.25, 0.3) is 0 Å². The first-order chi connectivity index (χ1) is 7.88. The van der Waals surface area contributed by atoms with Gasteiger partial charge in [0, 0.05) is 6.20 Å². The van der Waals surface area contributed by atoms with E-state index in [9.17, 15) is 4.79 Å². The molecule has 1 aromatic heterocycles. The first-order valence-electron chi connectivity index (χ1n) is 6.13.